The fourth-order valence-corrected chi connectivity index (χ4v) is 5.11. The van der Waals surface area contributed by atoms with Crippen molar-refractivity contribution in [3.05, 3.63) is 39.6 Å². The van der Waals surface area contributed by atoms with Crippen molar-refractivity contribution in [3.63, 3.8) is 0 Å². The maximum Gasteiger partial charge on any atom is 0.240 e. The number of carbonyl (C=O) groups excluding carboxylic acids is 1. The molecule has 2 aliphatic heterocycles. The van der Waals surface area contributed by atoms with Gasteiger partial charge in [-0.2, -0.15) is 5.10 Å². The number of aromatic nitrogens is 3. The molecule has 3 aromatic rings. The Morgan fingerprint density at radius 3 is 2.93 bits per heavy atom. The largest absolute Gasteiger partial charge is 0.346 e. The van der Waals surface area contributed by atoms with Crippen LogP contribution in [-0.2, 0) is 24.8 Å². The number of nitrogens with zero attached hydrogens (tertiary/aromatic N) is 3. The lowest BCUT2D eigenvalue weighted by atomic mass is 9.98. The molecule has 6 nitrogen and oxygen atoms in total. The molecule has 146 valence electrons. The zero-order chi connectivity index (χ0) is 19.4. The minimum absolute atomic E-state index is 0.0540. The molecule has 2 aromatic heterocycles. The molecule has 4 heterocycles. The Morgan fingerprint density at radius 2 is 2.21 bits per heavy atom. The van der Waals surface area contributed by atoms with E-state index in [4.69, 9.17) is 23.2 Å². The molecule has 1 fully saturated rings. The van der Waals surface area contributed by atoms with E-state index in [0.717, 1.165) is 60.1 Å². The molecule has 2 N–H and O–H groups in total. The Morgan fingerprint density at radius 1 is 1.36 bits per heavy atom. The number of hydrogen-bond acceptors (Lipinski definition) is 3. The van der Waals surface area contributed by atoms with Gasteiger partial charge in [-0.1, -0.05) is 23.2 Å². The molecular weight excluding hydrogens is 397 g/mol. The van der Waals surface area contributed by atoms with Crippen LogP contribution in [0.1, 0.15) is 24.1 Å². The SMILES string of the molecule is Cn1c2c(c3c(-c4ccn[nH]4)cc(Cl)c(Cl)c31)CN(C(=O)C1CCCN1)CC2. The summed E-state index contributed by atoms with van der Waals surface area (Å²) in [6, 6.07) is 3.76. The Bertz CT molecular complexity index is 1070. The van der Waals surface area contributed by atoms with Crippen LogP contribution in [0.25, 0.3) is 22.2 Å². The van der Waals surface area contributed by atoms with Gasteiger partial charge in [-0.05, 0) is 31.5 Å². The summed E-state index contributed by atoms with van der Waals surface area (Å²) >= 11 is 13.1. The molecule has 1 amide bonds. The van der Waals surface area contributed by atoms with Crippen LogP contribution in [0.3, 0.4) is 0 Å². The van der Waals surface area contributed by atoms with E-state index in [1.807, 2.05) is 24.1 Å². The molecule has 1 saturated heterocycles. The fourth-order valence-electron chi connectivity index (χ4n) is 4.64. The van der Waals surface area contributed by atoms with Crippen molar-refractivity contribution in [2.24, 2.45) is 7.05 Å². The summed E-state index contributed by atoms with van der Waals surface area (Å²) in [5, 5.41) is 12.6. The number of hydrogen-bond donors (Lipinski definition) is 2. The molecular formula is C20H21Cl2N5O. The van der Waals surface area contributed by atoms with E-state index in [9.17, 15) is 4.79 Å². The van der Waals surface area contributed by atoms with Crippen LogP contribution in [0, 0.1) is 0 Å². The van der Waals surface area contributed by atoms with Crippen LogP contribution in [0.2, 0.25) is 10.0 Å². The van der Waals surface area contributed by atoms with Gasteiger partial charge in [-0.15, -0.1) is 0 Å². The van der Waals surface area contributed by atoms with Gasteiger partial charge in [0.2, 0.25) is 5.91 Å². The smallest absolute Gasteiger partial charge is 0.240 e. The summed E-state index contributed by atoms with van der Waals surface area (Å²) in [4.78, 5) is 15.0. The molecule has 0 spiro atoms. The quantitative estimate of drug-likeness (QED) is 0.670. The standard InChI is InChI=1S/C20H21Cl2N5O/c1-26-16-5-8-27(20(28)15-3-2-6-23-15)10-12(16)17-11(14-4-7-24-25-14)9-13(21)18(22)19(17)26/h4,7,9,15,23H,2-3,5-6,8,10H2,1H3,(H,24,25). The summed E-state index contributed by atoms with van der Waals surface area (Å²) < 4.78 is 2.13. The number of amides is 1. The monoisotopic (exact) mass is 417 g/mol. The number of nitrogens with one attached hydrogen (secondary N) is 2. The van der Waals surface area contributed by atoms with Gasteiger partial charge >= 0.3 is 0 Å². The molecule has 2 aliphatic rings. The second-order valence-corrected chi connectivity index (χ2v) is 8.34. The average Bonchev–Trinajstić information content (AvgIpc) is 3.45. The third kappa shape index (κ3) is 2.66. The van der Waals surface area contributed by atoms with Crippen LogP contribution in [0.5, 0.6) is 0 Å². The molecule has 0 bridgehead atoms. The first kappa shape index (κ1) is 18.0. The number of H-pyrrole nitrogens is 1. The number of fused-ring (bicyclic) bond motifs is 3. The Hall–Kier alpha value is -2.02. The van der Waals surface area contributed by atoms with Crippen LogP contribution < -0.4 is 5.32 Å². The molecule has 8 heteroatoms. The molecule has 1 aromatic carbocycles. The van der Waals surface area contributed by atoms with Crippen molar-refractivity contribution in [2.45, 2.75) is 31.8 Å². The Labute approximate surface area is 172 Å². The zero-order valence-corrected chi connectivity index (χ0v) is 17.1. The topological polar surface area (TPSA) is 66.0 Å². The molecule has 0 saturated carbocycles. The third-order valence-electron chi connectivity index (χ3n) is 6.01. The first-order valence-corrected chi connectivity index (χ1v) is 10.3. The van der Waals surface area contributed by atoms with Crippen LogP contribution >= 0.6 is 23.2 Å². The molecule has 5 rings (SSSR count). The van der Waals surface area contributed by atoms with E-state index < -0.39 is 0 Å². The second-order valence-electron chi connectivity index (χ2n) is 7.56. The van der Waals surface area contributed by atoms with E-state index in [2.05, 4.69) is 20.1 Å². The zero-order valence-electron chi connectivity index (χ0n) is 15.6. The number of benzene rings is 1. The highest BCUT2D eigenvalue weighted by Gasteiger charge is 2.32. The molecule has 1 atom stereocenters. The normalized spacial score (nSPS) is 19.4. The van der Waals surface area contributed by atoms with Crippen molar-refractivity contribution in [3.8, 4) is 11.3 Å². The summed E-state index contributed by atoms with van der Waals surface area (Å²) in [6.07, 6.45) is 4.50. The lowest BCUT2D eigenvalue weighted by Gasteiger charge is -2.30. The van der Waals surface area contributed by atoms with E-state index >= 15 is 0 Å². The number of carbonyl (C=O) groups is 1. The van der Waals surface area contributed by atoms with Crippen molar-refractivity contribution < 1.29 is 4.79 Å². The van der Waals surface area contributed by atoms with E-state index in [1.54, 1.807) is 6.20 Å². The summed E-state index contributed by atoms with van der Waals surface area (Å²) in [5.41, 5.74) is 5.13. The van der Waals surface area contributed by atoms with E-state index in [0.29, 0.717) is 16.6 Å². The lowest BCUT2D eigenvalue weighted by Crippen LogP contribution is -2.45. The van der Waals surface area contributed by atoms with Crippen molar-refractivity contribution in [1.82, 2.24) is 25.0 Å². The fraction of sp³-hybridized carbons (Fsp3) is 0.400. The highest BCUT2D eigenvalue weighted by atomic mass is 35.5. The van der Waals surface area contributed by atoms with Crippen molar-refractivity contribution in [2.75, 3.05) is 13.1 Å². The van der Waals surface area contributed by atoms with Crippen molar-refractivity contribution >= 4 is 40.0 Å². The van der Waals surface area contributed by atoms with Crippen molar-refractivity contribution in [1.29, 1.82) is 0 Å². The van der Waals surface area contributed by atoms with Crippen LogP contribution in [-0.4, -0.2) is 44.7 Å². The van der Waals surface area contributed by atoms with Crippen LogP contribution in [0.4, 0.5) is 0 Å². The van der Waals surface area contributed by atoms with Crippen LogP contribution in [0.15, 0.2) is 18.3 Å². The van der Waals surface area contributed by atoms with Gasteiger partial charge in [0, 0.05) is 55.0 Å². The minimum atomic E-state index is -0.0540. The maximum absolute atomic E-state index is 13.0. The number of aromatic amines is 1. The molecule has 28 heavy (non-hydrogen) atoms. The Kier molecular flexibility index (Phi) is 4.38. The van der Waals surface area contributed by atoms with E-state index in [-0.39, 0.29) is 11.9 Å². The second kappa shape index (κ2) is 6.79. The maximum atomic E-state index is 13.0. The summed E-state index contributed by atoms with van der Waals surface area (Å²) in [5.74, 6) is 0.198. The predicted octanol–water partition coefficient (Wildman–Crippen LogP) is 3.51. The Balaban J connectivity index is 1.67. The van der Waals surface area contributed by atoms with Gasteiger partial charge in [-0.3, -0.25) is 9.89 Å². The van der Waals surface area contributed by atoms with Gasteiger partial charge in [0.05, 0.1) is 27.3 Å². The third-order valence-corrected chi connectivity index (χ3v) is 6.79. The first-order chi connectivity index (χ1) is 13.6. The van der Waals surface area contributed by atoms with Gasteiger partial charge in [0.25, 0.3) is 0 Å². The molecule has 1 unspecified atom stereocenters. The van der Waals surface area contributed by atoms with Gasteiger partial charge in [0.15, 0.2) is 0 Å². The number of rotatable bonds is 2. The first-order valence-electron chi connectivity index (χ1n) is 9.56. The highest BCUT2D eigenvalue weighted by molar-refractivity contribution is 6.45. The predicted molar refractivity (Wildman–Crippen MR) is 111 cm³/mol. The average molecular weight is 418 g/mol. The van der Waals surface area contributed by atoms with E-state index in [1.165, 1.54) is 5.69 Å². The molecule has 0 aliphatic carbocycles. The summed E-state index contributed by atoms with van der Waals surface area (Å²) in [7, 11) is 2.02. The lowest BCUT2D eigenvalue weighted by molar-refractivity contribution is -0.134. The summed E-state index contributed by atoms with van der Waals surface area (Å²) in [6.45, 7) is 2.23. The molecule has 0 radical (unpaired) electrons. The number of aryl methyl sites for hydroxylation is 1. The number of halogens is 2. The van der Waals surface area contributed by atoms with Gasteiger partial charge in [0.1, 0.15) is 0 Å². The highest BCUT2D eigenvalue weighted by Crippen LogP contribution is 2.43. The van der Waals surface area contributed by atoms with Gasteiger partial charge in [-0.25, -0.2) is 0 Å². The minimum Gasteiger partial charge on any atom is -0.346 e. The van der Waals surface area contributed by atoms with Gasteiger partial charge < -0.3 is 14.8 Å².